The number of ether oxygens (including phenoxy) is 2. The molecule has 3 fully saturated rings. The van der Waals surface area contributed by atoms with E-state index in [1.807, 2.05) is 24.3 Å². The lowest BCUT2D eigenvalue weighted by Gasteiger charge is -2.34. The Labute approximate surface area is 227 Å². The van der Waals surface area contributed by atoms with Gasteiger partial charge in [0, 0.05) is 17.2 Å². The summed E-state index contributed by atoms with van der Waals surface area (Å²) in [4.78, 5) is 29.3. The summed E-state index contributed by atoms with van der Waals surface area (Å²) < 4.78 is 12.9. The Balaban J connectivity index is 1.32. The molecule has 0 saturated carbocycles. The third-order valence-electron chi connectivity index (χ3n) is 8.56. The zero-order chi connectivity index (χ0) is 27.1. The molecule has 7 heteroatoms. The number of amides is 2. The molecule has 196 valence electrons. The van der Waals surface area contributed by atoms with Crippen LogP contribution in [0.15, 0.2) is 60.7 Å². The summed E-state index contributed by atoms with van der Waals surface area (Å²) >= 11 is 0. The summed E-state index contributed by atoms with van der Waals surface area (Å²) in [6.45, 7) is 2.13. The first-order valence-corrected chi connectivity index (χ1v) is 13.6. The van der Waals surface area contributed by atoms with Gasteiger partial charge in [-0.2, -0.15) is 10.5 Å². The molecular weight excluding hydrogens is 490 g/mol. The maximum absolute atomic E-state index is 14.1. The van der Waals surface area contributed by atoms with Crippen molar-refractivity contribution in [2.75, 3.05) is 4.90 Å². The molecule has 0 N–H and O–H groups in total. The topological polar surface area (TPSA) is 103 Å². The third-order valence-corrected chi connectivity index (χ3v) is 8.56. The highest BCUT2D eigenvalue weighted by molar-refractivity contribution is 6.26. The van der Waals surface area contributed by atoms with E-state index in [0.29, 0.717) is 40.8 Å². The summed E-state index contributed by atoms with van der Waals surface area (Å²) in [5.74, 6) is -0.844. The van der Waals surface area contributed by atoms with Crippen LogP contribution in [-0.2, 0) is 14.3 Å². The Bertz CT molecular complexity index is 1540. The molecule has 2 amide bonds. The van der Waals surface area contributed by atoms with E-state index in [1.54, 1.807) is 36.4 Å². The van der Waals surface area contributed by atoms with E-state index in [1.165, 1.54) is 4.90 Å². The largest absolute Gasteiger partial charge is 0.490 e. The minimum Gasteiger partial charge on any atom is -0.490 e. The van der Waals surface area contributed by atoms with Crippen LogP contribution < -0.4 is 9.64 Å². The molecule has 0 spiro atoms. The first kappa shape index (κ1) is 25.1. The molecule has 3 aromatic carbocycles. The average Bonchev–Trinajstić information content (AvgIpc) is 3.61. The molecule has 5 unspecified atom stereocenters. The van der Waals surface area contributed by atoms with Crippen LogP contribution >= 0.6 is 0 Å². The van der Waals surface area contributed by atoms with E-state index >= 15 is 0 Å². The van der Waals surface area contributed by atoms with Crippen LogP contribution in [0.5, 0.6) is 5.75 Å². The van der Waals surface area contributed by atoms with Gasteiger partial charge in [-0.05, 0) is 55.7 Å². The van der Waals surface area contributed by atoms with Gasteiger partial charge in [0.2, 0.25) is 11.8 Å². The predicted octanol–water partition coefficient (Wildman–Crippen LogP) is 5.65. The van der Waals surface area contributed by atoms with Crippen LogP contribution in [0, 0.1) is 34.5 Å². The lowest BCUT2D eigenvalue weighted by Crippen LogP contribution is -2.45. The number of carbonyl (C=O) groups excluding carboxylic acids is 2. The lowest BCUT2D eigenvalue weighted by atomic mass is 9.70. The summed E-state index contributed by atoms with van der Waals surface area (Å²) in [6.07, 6.45) is 4.25. The van der Waals surface area contributed by atoms with Crippen LogP contribution in [0.25, 0.3) is 10.8 Å². The number of anilines is 1. The Morgan fingerprint density at radius 2 is 1.79 bits per heavy atom. The number of hydrogen-bond acceptors (Lipinski definition) is 6. The van der Waals surface area contributed by atoms with Crippen molar-refractivity contribution in [3.05, 3.63) is 71.8 Å². The normalized spacial score (nSPS) is 25.9. The number of imide groups is 1. The SMILES string of the molecule is CCCCC(CC12CCC(O1)C1C(=O)N(c3ccc(C#N)c4ccccc34)C(=O)C12)Oc1ccc(C#N)cc1. The molecule has 39 heavy (non-hydrogen) atoms. The quantitative estimate of drug-likeness (QED) is 0.356. The first-order valence-electron chi connectivity index (χ1n) is 13.6. The van der Waals surface area contributed by atoms with E-state index in [4.69, 9.17) is 14.7 Å². The molecule has 3 saturated heterocycles. The third kappa shape index (κ3) is 4.06. The molecule has 3 aliphatic rings. The van der Waals surface area contributed by atoms with Gasteiger partial charge < -0.3 is 9.47 Å². The number of fused-ring (bicyclic) bond motifs is 6. The predicted molar refractivity (Wildman–Crippen MR) is 145 cm³/mol. The maximum Gasteiger partial charge on any atom is 0.240 e. The zero-order valence-corrected chi connectivity index (χ0v) is 21.8. The Hall–Kier alpha value is -4.20. The first-order chi connectivity index (χ1) is 19.0. The molecule has 3 aliphatic heterocycles. The Morgan fingerprint density at radius 3 is 2.51 bits per heavy atom. The van der Waals surface area contributed by atoms with Gasteiger partial charge in [0.05, 0.1) is 52.5 Å². The van der Waals surface area contributed by atoms with Crippen molar-refractivity contribution in [2.45, 2.75) is 63.3 Å². The fraction of sp³-hybridized carbons (Fsp3) is 0.375. The van der Waals surface area contributed by atoms with E-state index in [0.717, 1.165) is 31.1 Å². The molecule has 7 nitrogen and oxygen atoms in total. The molecule has 6 rings (SSSR count). The molecule has 0 radical (unpaired) electrons. The van der Waals surface area contributed by atoms with Gasteiger partial charge in [0.25, 0.3) is 0 Å². The van der Waals surface area contributed by atoms with Crippen LogP contribution in [-0.4, -0.2) is 29.6 Å². The molecule has 0 aromatic heterocycles. The second-order valence-corrected chi connectivity index (χ2v) is 10.8. The van der Waals surface area contributed by atoms with Gasteiger partial charge in [0.15, 0.2) is 0 Å². The van der Waals surface area contributed by atoms with Gasteiger partial charge in [0.1, 0.15) is 11.9 Å². The van der Waals surface area contributed by atoms with Gasteiger partial charge in [-0.25, -0.2) is 4.90 Å². The minimum absolute atomic E-state index is 0.192. The number of nitrogens with zero attached hydrogens (tertiary/aromatic N) is 3. The van der Waals surface area contributed by atoms with Crippen molar-refractivity contribution in [3.8, 4) is 17.9 Å². The van der Waals surface area contributed by atoms with Gasteiger partial charge in [-0.3, -0.25) is 9.59 Å². The number of benzene rings is 3. The number of unbranched alkanes of at least 4 members (excludes halogenated alkanes) is 1. The highest BCUT2D eigenvalue weighted by atomic mass is 16.5. The van der Waals surface area contributed by atoms with Gasteiger partial charge in [-0.1, -0.05) is 44.0 Å². The summed E-state index contributed by atoms with van der Waals surface area (Å²) in [5.41, 5.74) is 0.841. The Morgan fingerprint density at radius 1 is 1.03 bits per heavy atom. The number of nitriles is 2. The fourth-order valence-corrected chi connectivity index (χ4v) is 6.82. The monoisotopic (exact) mass is 519 g/mol. The van der Waals surface area contributed by atoms with Crippen molar-refractivity contribution in [2.24, 2.45) is 11.8 Å². The Kier molecular flexibility index (Phi) is 6.33. The van der Waals surface area contributed by atoms with Crippen LogP contribution in [0.3, 0.4) is 0 Å². The van der Waals surface area contributed by atoms with E-state index in [9.17, 15) is 14.9 Å². The summed E-state index contributed by atoms with van der Waals surface area (Å²) in [6, 6.07) is 22.2. The van der Waals surface area contributed by atoms with Crippen molar-refractivity contribution in [3.63, 3.8) is 0 Å². The minimum atomic E-state index is -0.760. The molecular formula is C32H29N3O4. The summed E-state index contributed by atoms with van der Waals surface area (Å²) in [7, 11) is 0. The number of hydrogen-bond donors (Lipinski definition) is 0. The van der Waals surface area contributed by atoms with E-state index < -0.39 is 17.4 Å². The number of carbonyl (C=O) groups is 2. The van der Waals surface area contributed by atoms with Gasteiger partial charge >= 0.3 is 0 Å². The fourth-order valence-electron chi connectivity index (χ4n) is 6.82. The van der Waals surface area contributed by atoms with Crippen molar-refractivity contribution in [1.82, 2.24) is 0 Å². The second-order valence-electron chi connectivity index (χ2n) is 10.8. The average molecular weight is 520 g/mol. The molecule has 2 bridgehead atoms. The molecule has 3 heterocycles. The second kappa shape index (κ2) is 9.84. The van der Waals surface area contributed by atoms with Crippen molar-refractivity contribution >= 4 is 28.3 Å². The highest BCUT2D eigenvalue weighted by Gasteiger charge is 2.69. The van der Waals surface area contributed by atoms with Crippen LogP contribution in [0.4, 0.5) is 5.69 Å². The molecule has 0 aliphatic carbocycles. The van der Waals surface area contributed by atoms with Crippen LogP contribution in [0.2, 0.25) is 0 Å². The van der Waals surface area contributed by atoms with Gasteiger partial charge in [-0.15, -0.1) is 0 Å². The molecule has 5 atom stereocenters. The van der Waals surface area contributed by atoms with Crippen molar-refractivity contribution < 1.29 is 19.1 Å². The smallest absolute Gasteiger partial charge is 0.240 e. The van der Waals surface area contributed by atoms with Crippen molar-refractivity contribution in [1.29, 1.82) is 10.5 Å². The van der Waals surface area contributed by atoms with E-state index in [-0.39, 0.29) is 24.0 Å². The number of rotatable bonds is 8. The highest BCUT2D eigenvalue weighted by Crippen LogP contribution is 2.58. The maximum atomic E-state index is 14.1. The standard InChI is InChI=1S/C32H29N3O4/c1-2-3-6-23(38-22-12-9-20(18-33)10-13-22)17-32-16-15-27(39-32)28-29(32)31(37)35(30(28)36)26-14-11-21(19-34)24-7-4-5-8-25(24)26/h4-5,7-14,23,27-29H,2-3,6,15-17H2,1H3. The zero-order valence-electron chi connectivity index (χ0n) is 21.8. The lowest BCUT2D eigenvalue weighted by molar-refractivity contribution is -0.128. The van der Waals surface area contributed by atoms with Crippen LogP contribution in [0.1, 0.15) is 56.6 Å². The molecule has 3 aromatic rings. The summed E-state index contributed by atoms with van der Waals surface area (Å²) in [5, 5.41) is 20.1. The van der Waals surface area contributed by atoms with E-state index in [2.05, 4.69) is 19.1 Å².